The second-order valence-electron chi connectivity index (χ2n) is 10.7. The van der Waals surface area contributed by atoms with Gasteiger partial charge in [-0.25, -0.2) is 4.21 Å². The van der Waals surface area contributed by atoms with Gasteiger partial charge in [0.25, 0.3) is 0 Å². The Labute approximate surface area is 169 Å². The molecule has 0 radical (unpaired) electrons. The first-order valence-electron chi connectivity index (χ1n) is 9.83. The molecule has 0 aromatic heterocycles. The van der Waals surface area contributed by atoms with Crippen molar-refractivity contribution in [3.05, 3.63) is 47.2 Å². The first kappa shape index (κ1) is 22.4. The minimum atomic E-state index is -2.54. The number of nitrogens with zero attached hydrogens (tertiary/aromatic N) is 1. The topological polar surface area (TPSA) is 29.4 Å². The molecule has 0 N–H and O–H groups in total. The van der Waals surface area contributed by atoms with Crippen molar-refractivity contribution in [3.63, 3.8) is 0 Å². The molecule has 0 fully saturated rings. The van der Waals surface area contributed by atoms with E-state index >= 15 is 0 Å². The van der Waals surface area contributed by atoms with Crippen LogP contribution in [0, 0.1) is 6.92 Å². The molecule has 2 unspecified atom stereocenters. The van der Waals surface area contributed by atoms with Crippen molar-refractivity contribution in [2.45, 2.75) is 77.0 Å². The highest BCUT2D eigenvalue weighted by Crippen LogP contribution is 2.37. The molecule has 150 valence electrons. The average molecular weight is 420 g/mol. The van der Waals surface area contributed by atoms with Crippen LogP contribution >= 0.6 is 0 Å². The molecule has 2 atom stereocenters. The Morgan fingerprint density at radius 2 is 1.59 bits per heavy atom. The van der Waals surface area contributed by atoms with Crippen LogP contribution in [0.5, 0.6) is 0 Å². The van der Waals surface area contributed by atoms with Crippen molar-refractivity contribution < 1.29 is 4.21 Å². The number of hydrogen-bond donors (Lipinski definition) is 0. The lowest BCUT2D eigenvalue weighted by Crippen LogP contribution is -2.42. The predicted molar refractivity (Wildman–Crippen MR) is 128 cm³/mol. The maximum absolute atomic E-state index is 14.6. The number of benzene rings is 1. The van der Waals surface area contributed by atoms with Gasteiger partial charge in [-0.15, -0.1) is 0 Å². The van der Waals surface area contributed by atoms with Gasteiger partial charge in [-0.2, -0.15) is 4.36 Å². The van der Waals surface area contributed by atoms with Crippen LogP contribution < -0.4 is 5.19 Å². The summed E-state index contributed by atoms with van der Waals surface area (Å²) < 4.78 is 19.3. The highest BCUT2D eigenvalue weighted by Gasteiger charge is 2.41. The molecule has 0 bridgehead atoms. The number of allylic oxidation sites excluding steroid dienone is 2. The molecular weight excluding hydrogens is 382 g/mol. The molecule has 0 heterocycles. The second kappa shape index (κ2) is 7.16. The maximum Gasteiger partial charge on any atom is 0.0804 e. The van der Waals surface area contributed by atoms with E-state index in [-0.39, 0.29) is 5.25 Å². The number of aryl methyl sites for hydroxylation is 1. The standard InChI is InChI=1S/C22H37NOSSi2/c1-17-14-15-18(21(16-17)27(8,9)10)23-25(24,22(2,3)4)19-12-11-13-20(19)26(5,6)7/h11-16,19H,1-10H3. The van der Waals surface area contributed by atoms with Crippen LogP contribution in [-0.2, 0) is 9.73 Å². The molecule has 1 aliphatic rings. The van der Waals surface area contributed by atoms with Crippen LogP contribution in [-0.4, -0.2) is 30.4 Å². The van der Waals surface area contributed by atoms with Crippen LogP contribution in [0.3, 0.4) is 0 Å². The van der Waals surface area contributed by atoms with E-state index in [2.05, 4.69) is 103 Å². The van der Waals surface area contributed by atoms with Crippen LogP contribution in [0.15, 0.2) is 46.0 Å². The number of hydrogen-bond acceptors (Lipinski definition) is 2. The maximum atomic E-state index is 14.6. The zero-order chi connectivity index (χ0) is 20.8. The molecule has 5 heteroatoms. The molecule has 27 heavy (non-hydrogen) atoms. The molecule has 1 aromatic rings. The van der Waals surface area contributed by atoms with Gasteiger partial charge in [0, 0.05) is 4.75 Å². The summed E-state index contributed by atoms with van der Waals surface area (Å²) in [6.07, 6.45) is 6.42. The van der Waals surface area contributed by atoms with Crippen molar-refractivity contribution in [1.82, 2.24) is 0 Å². The van der Waals surface area contributed by atoms with Crippen LogP contribution in [0.4, 0.5) is 5.69 Å². The third kappa shape index (κ3) is 4.57. The van der Waals surface area contributed by atoms with Gasteiger partial charge >= 0.3 is 0 Å². The molecule has 0 saturated heterocycles. The van der Waals surface area contributed by atoms with E-state index in [0.717, 1.165) is 5.69 Å². The van der Waals surface area contributed by atoms with Gasteiger partial charge in [-0.05, 0) is 38.9 Å². The van der Waals surface area contributed by atoms with Crippen LogP contribution in [0.25, 0.3) is 0 Å². The molecule has 2 rings (SSSR count). The van der Waals surface area contributed by atoms with Crippen molar-refractivity contribution in [1.29, 1.82) is 0 Å². The smallest absolute Gasteiger partial charge is 0.0804 e. The number of rotatable bonds is 4. The van der Waals surface area contributed by atoms with Gasteiger partial charge in [0.2, 0.25) is 0 Å². The first-order chi connectivity index (χ1) is 12.1. The Balaban J connectivity index is 2.79. The van der Waals surface area contributed by atoms with Crippen molar-refractivity contribution in [2.24, 2.45) is 4.36 Å². The summed E-state index contributed by atoms with van der Waals surface area (Å²) >= 11 is 0. The summed E-state index contributed by atoms with van der Waals surface area (Å²) in [7, 11) is -5.73. The van der Waals surface area contributed by atoms with E-state index in [1.165, 1.54) is 15.9 Å². The van der Waals surface area contributed by atoms with E-state index in [4.69, 9.17) is 4.36 Å². The fourth-order valence-corrected chi connectivity index (χ4v) is 10.5. The zero-order valence-corrected chi connectivity index (χ0v) is 21.6. The second-order valence-corrected chi connectivity index (χ2v) is 23.9. The van der Waals surface area contributed by atoms with E-state index in [0.29, 0.717) is 0 Å². The minimum Gasteiger partial charge on any atom is -0.248 e. The summed E-state index contributed by atoms with van der Waals surface area (Å²) in [6.45, 7) is 22.4. The molecule has 0 aliphatic heterocycles. The summed E-state index contributed by atoms with van der Waals surface area (Å²) in [5.41, 5.74) is 2.19. The van der Waals surface area contributed by atoms with Gasteiger partial charge in [0.05, 0.1) is 36.8 Å². The third-order valence-electron chi connectivity index (χ3n) is 5.15. The Hall–Kier alpha value is -0.916. The quantitative estimate of drug-likeness (QED) is 0.536. The monoisotopic (exact) mass is 419 g/mol. The Morgan fingerprint density at radius 1 is 1.00 bits per heavy atom. The van der Waals surface area contributed by atoms with Gasteiger partial charge in [0.15, 0.2) is 0 Å². The lowest BCUT2D eigenvalue weighted by Gasteiger charge is -2.34. The van der Waals surface area contributed by atoms with Crippen molar-refractivity contribution >= 4 is 36.8 Å². The summed E-state index contributed by atoms with van der Waals surface area (Å²) in [4.78, 5) is 0. The van der Waals surface area contributed by atoms with Crippen LogP contribution in [0.2, 0.25) is 39.3 Å². The van der Waals surface area contributed by atoms with Crippen molar-refractivity contribution in [2.75, 3.05) is 0 Å². The van der Waals surface area contributed by atoms with Gasteiger partial charge in [-0.1, -0.05) is 80.4 Å². The van der Waals surface area contributed by atoms with Crippen molar-refractivity contribution in [3.8, 4) is 0 Å². The molecule has 0 amide bonds. The Kier molecular flexibility index (Phi) is 5.93. The summed E-state index contributed by atoms with van der Waals surface area (Å²) in [6, 6.07) is 6.45. The van der Waals surface area contributed by atoms with Crippen LogP contribution in [0.1, 0.15) is 26.3 Å². The zero-order valence-electron chi connectivity index (χ0n) is 18.8. The predicted octanol–water partition coefficient (Wildman–Crippen LogP) is 6.18. The molecule has 1 aliphatic carbocycles. The molecule has 2 nitrogen and oxygen atoms in total. The van der Waals surface area contributed by atoms with Gasteiger partial charge in [0.1, 0.15) is 0 Å². The lowest BCUT2D eigenvalue weighted by molar-refractivity contribution is 0.638. The average Bonchev–Trinajstić information content (AvgIpc) is 2.96. The van der Waals surface area contributed by atoms with Gasteiger partial charge < -0.3 is 0 Å². The largest absolute Gasteiger partial charge is 0.248 e. The Bertz CT molecular complexity index is 900. The summed E-state index contributed by atoms with van der Waals surface area (Å²) in [5, 5.41) is 2.58. The lowest BCUT2D eigenvalue weighted by atomic mass is 10.2. The highest BCUT2D eigenvalue weighted by molar-refractivity contribution is 7.96. The third-order valence-corrected chi connectivity index (χ3v) is 12.9. The van der Waals surface area contributed by atoms with E-state index in [1.807, 2.05) is 0 Å². The molecular formula is C22H37NOSSi2. The van der Waals surface area contributed by atoms with E-state index < -0.39 is 30.6 Å². The van der Waals surface area contributed by atoms with Gasteiger partial charge in [-0.3, -0.25) is 0 Å². The molecule has 0 saturated carbocycles. The highest BCUT2D eigenvalue weighted by atomic mass is 32.2. The molecule has 0 spiro atoms. The van der Waals surface area contributed by atoms with E-state index in [1.54, 1.807) is 0 Å². The molecule has 1 aromatic carbocycles. The fraction of sp³-hybridized carbons (Fsp3) is 0.545. The Morgan fingerprint density at radius 3 is 2.07 bits per heavy atom. The minimum absolute atomic E-state index is 0.0834. The summed E-state index contributed by atoms with van der Waals surface area (Å²) in [5.74, 6) is 0. The van der Waals surface area contributed by atoms with E-state index in [9.17, 15) is 4.21 Å². The fourth-order valence-electron chi connectivity index (χ4n) is 3.46. The SMILES string of the molecule is Cc1ccc(N=S(=O)(C2C=CC=C2[Si](C)(C)C)C(C)(C)C)c([Si](C)(C)C)c1. The normalized spacial score (nSPS) is 20.4. The first-order valence-corrected chi connectivity index (χ1v) is 18.4.